The van der Waals surface area contributed by atoms with Gasteiger partial charge in [-0.05, 0) is 120 Å². The van der Waals surface area contributed by atoms with E-state index in [1.165, 1.54) is 13.8 Å². The van der Waals surface area contributed by atoms with E-state index in [0.29, 0.717) is 48.2 Å². The molecule has 5 amide bonds. The van der Waals surface area contributed by atoms with Gasteiger partial charge in [-0.25, -0.2) is 9.37 Å². The minimum Gasteiger partial charge on any atom is -0.494 e. The standard InChI is InChI=1S/C46H55FN8O7/c1-46(2,47)39-10-5-9-34(49-39)42(57)50-36-23-30-26-54(52-35(30)24-38(36)61-3)31-13-11-28(12-14-31)25-53-20-17-29(18-21-53)27-62-22-6-19-48-33-8-4-7-32-41(33)45(60)55(44(32)59)37-15-16-40(56)51-43(37)58/h4-5,7-10,23-24,26,28-29,31,37,48H,6,11-22,25,27H2,1-3H3,(H,50,57)(H,51,56,58). The molecule has 3 fully saturated rings. The number of nitrogens with zero attached hydrogens (tertiary/aromatic N) is 5. The molecule has 8 rings (SSSR count). The molecule has 5 heterocycles. The predicted octanol–water partition coefficient (Wildman–Crippen LogP) is 6.26. The van der Waals surface area contributed by atoms with Gasteiger partial charge in [-0.2, -0.15) is 5.10 Å². The second-order valence-corrected chi connectivity index (χ2v) is 17.5. The Morgan fingerprint density at radius 2 is 1.71 bits per heavy atom. The van der Waals surface area contributed by atoms with Crippen LogP contribution in [0, 0.1) is 11.8 Å². The summed E-state index contributed by atoms with van der Waals surface area (Å²) in [6.45, 7) is 7.91. The fraction of sp³-hybridized carbons (Fsp3) is 0.500. The first-order chi connectivity index (χ1) is 29.9. The fourth-order valence-electron chi connectivity index (χ4n) is 9.21. The Labute approximate surface area is 360 Å². The highest BCUT2D eigenvalue weighted by molar-refractivity contribution is 6.25. The number of benzene rings is 2. The Morgan fingerprint density at radius 3 is 2.45 bits per heavy atom. The van der Waals surface area contributed by atoms with E-state index in [-0.39, 0.29) is 35.4 Å². The third-order valence-electron chi connectivity index (χ3n) is 12.7. The van der Waals surface area contributed by atoms with Crippen molar-refractivity contribution in [2.75, 3.05) is 57.1 Å². The van der Waals surface area contributed by atoms with E-state index in [1.807, 2.05) is 18.3 Å². The normalized spacial score (nSPS) is 21.3. The van der Waals surface area contributed by atoms with E-state index in [4.69, 9.17) is 14.6 Å². The number of imide groups is 2. The number of carbonyl (C=O) groups is 5. The van der Waals surface area contributed by atoms with Crippen LogP contribution in [0.25, 0.3) is 10.9 Å². The zero-order chi connectivity index (χ0) is 43.5. The minimum absolute atomic E-state index is 0.0787. The Morgan fingerprint density at radius 1 is 0.935 bits per heavy atom. The van der Waals surface area contributed by atoms with Crippen LogP contribution < -0.4 is 20.7 Å². The monoisotopic (exact) mass is 850 g/mol. The highest BCUT2D eigenvalue weighted by Crippen LogP contribution is 2.37. The van der Waals surface area contributed by atoms with Crippen molar-refractivity contribution in [2.45, 2.75) is 89.4 Å². The summed E-state index contributed by atoms with van der Waals surface area (Å²) in [6.07, 6.45) is 9.55. The van der Waals surface area contributed by atoms with Crippen LogP contribution in [0.2, 0.25) is 0 Å². The number of aromatic nitrogens is 3. The molecule has 3 N–H and O–H groups in total. The van der Waals surface area contributed by atoms with Crippen molar-refractivity contribution >= 4 is 51.8 Å². The van der Waals surface area contributed by atoms with E-state index >= 15 is 0 Å². The predicted molar refractivity (Wildman–Crippen MR) is 230 cm³/mol. The summed E-state index contributed by atoms with van der Waals surface area (Å²) < 4.78 is 28.3. The van der Waals surface area contributed by atoms with Crippen LogP contribution in [-0.4, -0.2) is 107 Å². The van der Waals surface area contributed by atoms with Gasteiger partial charge in [0.25, 0.3) is 17.7 Å². The summed E-state index contributed by atoms with van der Waals surface area (Å²) in [4.78, 5) is 71.5. The van der Waals surface area contributed by atoms with Crippen LogP contribution in [0.15, 0.2) is 54.7 Å². The van der Waals surface area contributed by atoms with Crippen molar-refractivity contribution < 1.29 is 37.8 Å². The van der Waals surface area contributed by atoms with Gasteiger partial charge in [-0.3, -0.25) is 38.9 Å². The lowest BCUT2D eigenvalue weighted by Crippen LogP contribution is -2.54. The number of methoxy groups -OCH3 is 1. The van der Waals surface area contributed by atoms with E-state index in [2.05, 4.69) is 30.5 Å². The Hall–Kier alpha value is -5.74. The highest BCUT2D eigenvalue weighted by Gasteiger charge is 2.45. The lowest BCUT2D eigenvalue weighted by atomic mass is 9.85. The molecule has 2 aromatic heterocycles. The van der Waals surface area contributed by atoms with Crippen LogP contribution >= 0.6 is 0 Å². The maximum atomic E-state index is 14.5. The smallest absolute Gasteiger partial charge is 0.274 e. The van der Waals surface area contributed by atoms with Crippen molar-refractivity contribution in [1.82, 2.24) is 29.9 Å². The van der Waals surface area contributed by atoms with E-state index in [1.54, 1.807) is 43.5 Å². The second kappa shape index (κ2) is 18.3. The van der Waals surface area contributed by atoms with Gasteiger partial charge in [0, 0.05) is 56.1 Å². The molecule has 15 nitrogen and oxygen atoms in total. The lowest BCUT2D eigenvalue weighted by Gasteiger charge is -2.36. The average Bonchev–Trinajstić information content (AvgIpc) is 3.79. The third kappa shape index (κ3) is 9.36. The van der Waals surface area contributed by atoms with Gasteiger partial charge in [-0.15, -0.1) is 0 Å². The minimum atomic E-state index is -1.67. The van der Waals surface area contributed by atoms with Gasteiger partial charge in [0.15, 0.2) is 0 Å². The van der Waals surface area contributed by atoms with E-state index in [9.17, 15) is 28.4 Å². The average molecular weight is 851 g/mol. The first kappa shape index (κ1) is 42.9. The van der Waals surface area contributed by atoms with Crippen molar-refractivity contribution in [3.8, 4) is 5.75 Å². The number of ether oxygens (including phenoxy) is 2. The van der Waals surface area contributed by atoms with Crippen molar-refractivity contribution in [3.05, 3.63) is 77.2 Å². The maximum Gasteiger partial charge on any atom is 0.274 e. The highest BCUT2D eigenvalue weighted by atomic mass is 19.1. The van der Waals surface area contributed by atoms with Gasteiger partial charge >= 0.3 is 0 Å². The Balaban J connectivity index is 0.739. The number of nitrogens with one attached hydrogen (secondary N) is 3. The zero-order valence-electron chi connectivity index (χ0n) is 35.6. The first-order valence-electron chi connectivity index (χ1n) is 21.8. The number of fused-ring (bicyclic) bond motifs is 2. The summed E-state index contributed by atoms with van der Waals surface area (Å²) in [5.74, 6) is -0.858. The number of hydrogen-bond donors (Lipinski definition) is 3. The molecule has 3 aliphatic heterocycles. The number of amides is 5. The molecule has 0 radical (unpaired) electrons. The third-order valence-corrected chi connectivity index (χ3v) is 12.7. The summed E-state index contributed by atoms with van der Waals surface area (Å²) in [5.41, 5.74) is 1.00. The molecule has 328 valence electrons. The van der Waals surface area contributed by atoms with E-state index in [0.717, 1.165) is 87.0 Å². The fourth-order valence-corrected chi connectivity index (χ4v) is 9.21. The molecule has 1 aliphatic carbocycles. The lowest BCUT2D eigenvalue weighted by molar-refractivity contribution is -0.136. The molecule has 4 aliphatic rings. The number of likely N-dealkylation sites (tertiary alicyclic amines) is 1. The molecule has 0 spiro atoms. The molecule has 16 heteroatoms. The molecular formula is C46H55FN8O7. The number of rotatable bonds is 15. The Bertz CT molecular complexity index is 2340. The molecular weight excluding hydrogens is 796 g/mol. The summed E-state index contributed by atoms with van der Waals surface area (Å²) in [5, 5.41) is 14.2. The van der Waals surface area contributed by atoms with Gasteiger partial charge in [0.2, 0.25) is 11.8 Å². The maximum absolute atomic E-state index is 14.5. The summed E-state index contributed by atoms with van der Waals surface area (Å²) >= 11 is 0. The van der Waals surface area contributed by atoms with Crippen molar-refractivity contribution in [3.63, 3.8) is 0 Å². The number of carbonyl (C=O) groups excluding carboxylic acids is 5. The molecule has 2 saturated heterocycles. The van der Waals surface area contributed by atoms with Crippen LogP contribution in [0.3, 0.4) is 0 Å². The van der Waals surface area contributed by atoms with Gasteiger partial charge in [-0.1, -0.05) is 12.1 Å². The van der Waals surface area contributed by atoms with Crippen molar-refractivity contribution in [2.24, 2.45) is 11.8 Å². The number of piperidine rings is 2. The quantitative estimate of drug-likeness (QED) is 0.0909. The zero-order valence-corrected chi connectivity index (χ0v) is 35.6. The Kier molecular flexibility index (Phi) is 12.7. The molecule has 1 unspecified atom stereocenters. The molecule has 4 aromatic rings. The van der Waals surface area contributed by atoms with Crippen LogP contribution in [0.1, 0.15) is 115 Å². The molecule has 1 atom stereocenters. The molecule has 1 saturated carbocycles. The molecule has 2 aromatic carbocycles. The summed E-state index contributed by atoms with van der Waals surface area (Å²) in [6, 6.07) is 12.8. The van der Waals surface area contributed by atoms with Crippen LogP contribution in [-0.2, 0) is 20.0 Å². The molecule has 62 heavy (non-hydrogen) atoms. The number of anilines is 2. The van der Waals surface area contributed by atoms with Crippen LogP contribution in [0.4, 0.5) is 15.8 Å². The second-order valence-electron chi connectivity index (χ2n) is 17.5. The first-order valence-corrected chi connectivity index (χ1v) is 21.8. The van der Waals surface area contributed by atoms with Gasteiger partial charge < -0.3 is 25.0 Å². The number of alkyl halides is 1. The topological polar surface area (TPSA) is 177 Å². The van der Waals surface area contributed by atoms with Crippen LogP contribution in [0.5, 0.6) is 5.75 Å². The number of pyridine rings is 1. The SMILES string of the molecule is COc1cc2nn(C3CCC(CN4CCC(COCCCNc5cccc6c5C(=O)N(C5CCC(=O)NC5=O)C6=O)CC4)CC3)cc2cc1NC(=O)c1cccc(C(C)(C)F)n1. The molecule has 0 bridgehead atoms. The van der Waals surface area contributed by atoms with Gasteiger partial charge in [0.1, 0.15) is 23.2 Å². The summed E-state index contributed by atoms with van der Waals surface area (Å²) in [7, 11) is 1.55. The number of halogens is 1. The van der Waals surface area contributed by atoms with Gasteiger partial charge in [0.05, 0.1) is 41.2 Å². The van der Waals surface area contributed by atoms with E-state index < -0.39 is 41.2 Å². The number of hydrogen-bond acceptors (Lipinski definition) is 11. The van der Waals surface area contributed by atoms with Crippen molar-refractivity contribution in [1.29, 1.82) is 0 Å². The largest absolute Gasteiger partial charge is 0.494 e.